The second kappa shape index (κ2) is 10.4. The number of hydrogen-bond acceptors (Lipinski definition) is 9. The number of ether oxygens (including phenoxy) is 2. The van der Waals surface area contributed by atoms with Gasteiger partial charge in [-0.3, -0.25) is 0 Å². The van der Waals surface area contributed by atoms with Gasteiger partial charge in [0.2, 0.25) is 0 Å². The van der Waals surface area contributed by atoms with Gasteiger partial charge in [0.05, 0.1) is 7.11 Å². The number of benzene rings is 3. The van der Waals surface area contributed by atoms with Gasteiger partial charge in [-0.25, -0.2) is 0 Å². The zero-order valence-corrected chi connectivity index (χ0v) is 21.5. The summed E-state index contributed by atoms with van der Waals surface area (Å²) in [5.74, 6) is 0.905. The van der Waals surface area contributed by atoms with Gasteiger partial charge in [-0.15, -0.1) is 0 Å². The Bertz CT molecular complexity index is 1290. The molecule has 9 nitrogen and oxygen atoms in total. The van der Waals surface area contributed by atoms with E-state index in [4.69, 9.17) is 12.1 Å². The van der Waals surface area contributed by atoms with E-state index >= 15 is 0 Å². The number of anilines is 1. The van der Waals surface area contributed by atoms with Gasteiger partial charge in [-0.1, -0.05) is 0 Å². The van der Waals surface area contributed by atoms with Crippen LogP contribution in [0.1, 0.15) is 10.4 Å². The molecule has 0 atom stereocenters. The van der Waals surface area contributed by atoms with Crippen molar-refractivity contribution in [2.24, 2.45) is 0 Å². The van der Waals surface area contributed by atoms with Crippen LogP contribution in [-0.4, -0.2) is 25.1 Å². The van der Waals surface area contributed by atoms with Crippen LogP contribution in [0.4, 0.5) is 5.13 Å². The summed E-state index contributed by atoms with van der Waals surface area (Å²) in [6, 6.07) is 18.4. The Morgan fingerprint density at radius 1 is 0.912 bits per heavy atom. The summed E-state index contributed by atoms with van der Waals surface area (Å²) in [6.07, 6.45) is 0. The topological polar surface area (TPSA) is 139 Å². The van der Waals surface area contributed by atoms with Gasteiger partial charge in [-0.2, -0.15) is 0 Å². The van der Waals surface area contributed by atoms with Crippen molar-refractivity contribution in [3.8, 4) is 11.5 Å². The van der Waals surface area contributed by atoms with Crippen molar-refractivity contribution in [3.05, 3.63) is 79.4 Å². The number of rotatable bonds is 8. The molecule has 0 radical (unpaired) electrons. The molecule has 1 amide bonds. The zero-order chi connectivity index (χ0) is 24.3. The molecule has 1 heterocycles. The minimum atomic E-state index is -4.63. The number of nitrogens with one attached hydrogen (secondary N) is 1. The Balaban J connectivity index is 1.54. The molecular weight excluding hydrogens is 599 g/mol. The van der Waals surface area contributed by atoms with E-state index in [1.165, 1.54) is 18.4 Å². The van der Waals surface area contributed by atoms with Crippen LogP contribution in [0.5, 0.6) is 11.5 Å². The second-order valence-corrected chi connectivity index (χ2v) is 13.5. The fourth-order valence-corrected chi connectivity index (χ4v) is 9.21. The van der Waals surface area contributed by atoms with Crippen molar-refractivity contribution in [2.75, 3.05) is 19.5 Å². The fourth-order valence-electron chi connectivity index (χ4n) is 2.92. The van der Waals surface area contributed by atoms with Gasteiger partial charge >= 0.3 is 202 Å². The maximum absolute atomic E-state index is 12.7. The van der Waals surface area contributed by atoms with E-state index in [0.29, 0.717) is 29.3 Å². The third-order valence-electron chi connectivity index (χ3n) is 4.50. The average molecular weight is 617 g/mol. The van der Waals surface area contributed by atoms with Crippen LogP contribution in [0.2, 0.25) is 0 Å². The predicted molar refractivity (Wildman–Crippen MR) is 126 cm³/mol. The predicted octanol–water partition coefficient (Wildman–Crippen LogP) is 1.94. The molecule has 0 saturated heterocycles. The number of amides is 1. The number of hydrogen-bond donors (Lipinski definition) is 1. The van der Waals surface area contributed by atoms with Gasteiger partial charge in [0.25, 0.3) is 0 Å². The molecule has 0 aliphatic rings. The number of carbonyl (C=O) groups is 1. The Labute approximate surface area is 208 Å². The summed E-state index contributed by atoms with van der Waals surface area (Å²) in [6.45, 7) is 0. The van der Waals surface area contributed by atoms with Crippen LogP contribution >= 0.6 is 31.6 Å². The standard InChI is InChI=1S/C22H18ClIN2O7S/c1-31-17-9-7-16(8-10-17)24(33-23(28,29)30)15-5-3-14(4-6-15)21(27)26-22-25-19-12-11-18(32-2)13-20(19)34-22/h3-13H,1-2H3,(H,25,26,27). The van der Waals surface area contributed by atoms with Crippen molar-refractivity contribution in [1.82, 2.24) is 4.98 Å². The van der Waals surface area contributed by atoms with Crippen LogP contribution < -0.4 is 28.8 Å². The Hall–Kier alpha value is -2.52. The molecule has 34 heavy (non-hydrogen) atoms. The van der Waals surface area contributed by atoms with E-state index in [2.05, 4.69) is 10.3 Å². The van der Waals surface area contributed by atoms with Gasteiger partial charge in [-0.05, 0) is 0 Å². The van der Waals surface area contributed by atoms with Gasteiger partial charge in [0, 0.05) is 0 Å². The SMILES string of the molecule is COc1ccc(I(O[Cl+3]([O-])([O-])[O-])c2ccc(C(=O)Nc3nc4ccc(OC)cc4s3)cc2)cc1. The van der Waals surface area contributed by atoms with E-state index in [9.17, 15) is 18.8 Å². The summed E-state index contributed by atoms with van der Waals surface area (Å²) in [5, 5.41) is 3.20. The van der Waals surface area contributed by atoms with Crippen LogP contribution in [0.15, 0.2) is 66.7 Å². The third kappa shape index (κ3) is 5.93. The number of thiazole rings is 1. The minimum absolute atomic E-state index is 0.341. The molecule has 12 heteroatoms. The average Bonchev–Trinajstić information content (AvgIpc) is 3.23. The number of aromatic nitrogens is 1. The van der Waals surface area contributed by atoms with E-state index in [1.54, 1.807) is 61.7 Å². The summed E-state index contributed by atoms with van der Waals surface area (Å²) in [7, 11) is -1.54. The molecule has 3 aromatic carbocycles. The first-order chi connectivity index (χ1) is 16.3. The number of nitrogens with zero attached hydrogens (tertiary/aromatic N) is 1. The molecule has 4 aromatic rings. The first-order valence-electron chi connectivity index (χ1n) is 9.56. The fraction of sp³-hybridized carbons (Fsp3) is 0.0909. The van der Waals surface area contributed by atoms with Crippen molar-refractivity contribution in [2.45, 2.75) is 0 Å². The first kappa shape index (κ1) is 24.6. The first-order valence-corrected chi connectivity index (χ1v) is 14.7. The molecule has 0 aliphatic carbocycles. The van der Waals surface area contributed by atoms with Crippen LogP contribution in [0.3, 0.4) is 0 Å². The van der Waals surface area contributed by atoms with E-state index in [0.717, 1.165) is 10.2 Å². The molecule has 0 saturated carbocycles. The van der Waals surface area contributed by atoms with Gasteiger partial charge in [0.1, 0.15) is 0 Å². The Morgan fingerprint density at radius 2 is 1.50 bits per heavy atom. The number of fused-ring (bicyclic) bond motifs is 1. The number of halogens is 2. The normalized spacial score (nSPS) is 11.9. The second-order valence-electron chi connectivity index (χ2n) is 6.66. The number of methoxy groups -OCH3 is 2. The molecule has 0 bridgehead atoms. The number of carbonyl (C=O) groups excluding carboxylic acids is 1. The van der Waals surface area contributed by atoms with Crippen molar-refractivity contribution in [1.29, 1.82) is 0 Å². The molecular formula is C22H18ClIN2O7S. The van der Waals surface area contributed by atoms with E-state index in [1.807, 2.05) is 12.1 Å². The quantitative estimate of drug-likeness (QED) is 0.297. The van der Waals surface area contributed by atoms with Gasteiger partial charge < -0.3 is 0 Å². The summed E-state index contributed by atoms with van der Waals surface area (Å²) >= 11 is -1.78. The maximum atomic E-state index is 12.7. The van der Waals surface area contributed by atoms with Crippen LogP contribution in [0, 0.1) is 17.4 Å². The molecule has 1 aromatic heterocycles. The Kier molecular flexibility index (Phi) is 7.52. The third-order valence-corrected chi connectivity index (χ3v) is 11.6. The van der Waals surface area contributed by atoms with Crippen LogP contribution in [-0.2, 0) is 2.62 Å². The van der Waals surface area contributed by atoms with E-state index < -0.39 is 30.5 Å². The van der Waals surface area contributed by atoms with Crippen molar-refractivity contribution < 1.29 is 41.1 Å². The summed E-state index contributed by atoms with van der Waals surface area (Å²) in [5.41, 5.74) is 1.08. The monoisotopic (exact) mass is 616 g/mol. The van der Waals surface area contributed by atoms with Crippen molar-refractivity contribution >= 4 is 52.8 Å². The molecule has 4 rings (SSSR count). The summed E-state index contributed by atoms with van der Waals surface area (Å²) < 4.78 is 51.2. The molecule has 0 fully saturated rings. The van der Waals surface area contributed by atoms with E-state index in [-0.39, 0.29) is 5.91 Å². The molecule has 0 spiro atoms. The molecule has 1 N–H and O–H groups in total. The Morgan fingerprint density at radius 3 is 2.09 bits per heavy atom. The zero-order valence-electron chi connectivity index (χ0n) is 17.8. The van der Waals surface area contributed by atoms with Crippen molar-refractivity contribution in [3.63, 3.8) is 0 Å². The van der Waals surface area contributed by atoms with Gasteiger partial charge in [0.15, 0.2) is 0 Å². The molecule has 0 aliphatic heterocycles. The van der Waals surface area contributed by atoms with Crippen LogP contribution in [0.25, 0.3) is 10.2 Å². The summed E-state index contributed by atoms with van der Waals surface area (Å²) in [4.78, 5) is 17.1. The molecule has 0 unspecified atom stereocenters. The molecule has 178 valence electrons.